The van der Waals surface area contributed by atoms with Crippen molar-refractivity contribution in [2.24, 2.45) is 5.73 Å². The van der Waals surface area contributed by atoms with Crippen LogP contribution in [0.2, 0.25) is 0 Å². The van der Waals surface area contributed by atoms with Crippen LogP contribution in [-0.2, 0) is 4.79 Å². The number of rotatable bonds is 3. The third kappa shape index (κ3) is 1.93. The Balaban J connectivity index is 2.96. The van der Waals surface area contributed by atoms with Crippen LogP contribution in [-0.4, -0.2) is 16.6 Å². The van der Waals surface area contributed by atoms with Crippen molar-refractivity contribution in [1.82, 2.24) is 0 Å². The van der Waals surface area contributed by atoms with Crippen LogP contribution in [0.5, 0.6) is 0 Å². The minimum Gasteiger partial charge on any atom is -0.380 e. The predicted molar refractivity (Wildman–Crippen MR) is 54.7 cm³/mol. The predicted octanol–water partition coefficient (Wildman–Crippen LogP) is 1.03. The Bertz CT molecular complexity index is 319. The maximum atomic E-state index is 11.0. The van der Waals surface area contributed by atoms with E-state index >= 15 is 0 Å². The van der Waals surface area contributed by atoms with Gasteiger partial charge in [-0.3, -0.25) is 4.79 Å². The van der Waals surface area contributed by atoms with E-state index in [1.54, 1.807) is 6.92 Å². The molecule has 1 amide bonds. The molecule has 3 N–H and O–H groups in total. The lowest BCUT2D eigenvalue weighted by Gasteiger charge is -2.27. The summed E-state index contributed by atoms with van der Waals surface area (Å²) in [4.78, 5) is 11.0. The molecule has 0 radical (unpaired) electrons. The van der Waals surface area contributed by atoms with Crippen LogP contribution >= 0.6 is 0 Å². The number of hydrogen-bond donors (Lipinski definition) is 2. The second-order valence-corrected chi connectivity index (χ2v) is 3.64. The van der Waals surface area contributed by atoms with E-state index in [1.165, 1.54) is 6.92 Å². The molecule has 0 fully saturated rings. The van der Waals surface area contributed by atoms with E-state index < -0.39 is 11.5 Å². The average molecular weight is 193 g/mol. The van der Waals surface area contributed by atoms with Gasteiger partial charge in [0.05, 0.1) is 0 Å². The molecule has 76 valence electrons. The standard InChI is InChI=1S/C11H15NO2/c1-8(11(2,14)10(12)13)9-6-4-3-5-7-9/h3-8,14H,1-2H3,(H2,12,13). The lowest BCUT2D eigenvalue weighted by Crippen LogP contribution is -2.45. The largest absolute Gasteiger partial charge is 0.380 e. The second kappa shape index (κ2) is 3.80. The van der Waals surface area contributed by atoms with Gasteiger partial charge in [-0.1, -0.05) is 37.3 Å². The molecule has 0 saturated carbocycles. The first-order valence-corrected chi connectivity index (χ1v) is 4.53. The molecule has 3 heteroatoms. The maximum Gasteiger partial charge on any atom is 0.249 e. The molecule has 0 aliphatic carbocycles. The number of carbonyl (C=O) groups is 1. The molecule has 14 heavy (non-hydrogen) atoms. The molecule has 0 aliphatic rings. The summed E-state index contributed by atoms with van der Waals surface area (Å²) in [6, 6.07) is 9.34. The molecular weight excluding hydrogens is 178 g/mol. The van der Waals surface area contributed by atoms with E-state index in [0.717, 1.165) is 5.56 Å². The summed E-state index contributed by atoms with van der Waals surface area (Å²) >= 11 is 0. The molecule has 2 unspecified atom stereocenters. The number of benzene rings is 1. The van der Waals surface area contributed by atoms with Crippen molar-refractivity contribution in [2.45, 2.75) is 25.4 Å². The van der Waals surface area contributed by atoms with Gasteiger partial charge >= 0.3 is 0 Å². The first kappa shape index (κ1) is 10.7. The summed E-state index contributed by atoms with van der Waals surface area (Å²) in [7, 11) is 0. The summed E-state index contributed by atoms with van der Waals surface area (Å²) < 4.78 is 0. The van der Waals surface area contributed by atoms with Gasteiger partial charge in [0.25, 0.3) is 0 Å². The zero-order valence-electron chi connectivity index (χ0n) is 8.40. The van der Waals surface area contributed by atoms with Crippen molar-refractivity contribution >= 4 is 5.91 Å². The SMILES string of the molecule is CC(c1ccccc1)C(C)(O)C(N)=O. The van der Waals surface area contributed by atoms with Crippen molar-refractivity contribution in [3.63, 3.8) is 0 Å². The Morgan fingerprint density at radius 3 is 2.36 bits per heavy atom. The van der Waals surface area contributed by atoms with Crippen molar-refractivity contribution in [3.05, 3.63) is 35.9 Å². The van der Waals surface area contributed by atoms with Crippen LogP contribution in [0.4, 0.5) is 0 Å². The summed E-state index contributed by atoms with van der Waals surface area (Å²) in [5, 5.41) is 9.84. The fourth-order valence-electron chi connectivity index (χ4n) is 1.28. The Hall–Kier alpha value is -1.35. The monoisotopic (exact) mass is 193 g/mol. The highest BCUT2D eigenvalue weighted by Crippen LogP contribution is 2.27. The normalized spacial score (nSPS) is 17.1. The van der Waals surface area contributed by atoms with Crippen molar-refractivity contribution in [1.29, 1.82) is 0 Å². The van der Waals surface area contributed by atoms with Crippen LogP contribution in [0.1, 0.15) is 25.3 Å². The van der Waals surface area contributed by atoms with Gasteiger partial charge in [0.15, 0.2) is 0 Å². The highest BCUT2D eigenvalue weighted by atomic mass is 16.3. The summed E-state index contributed by atoms with van der Waals surface area (Å²) in [6.45, 7) is 3.22. The second-order valence-electron chi connectivity index (χ2n) is 3.64. The van der Waals surface area contributed by atoms with E-state index in [2.05, 4.69) is 0 Å². The maximum absolute atomic E-state index is 11.0. The first-order valence-electron chi connectivity index (χ1n) is 4.53. The molecular formula is C11H15NO2. The average Bonchev–Trinajstić information content (AvgIpc) is 2.17. The van der Waals surface area contributed by atoms with Gasteiger partial charge in [0, 0.05) is 5.92 Å². The number of primary amides is 1. The molecule has 3 nitrogen and oxygen atoms in total. The van der Waals surface area contributed by atoms with E-state index in [4.69, 9.17) is 5.73 Å². The molecule has 1 aromatic carbocycles. The number of aliphatic hydroxyl groups is 1. The molecule has 0 spiro atoms. The Labute approximate surface area is 83.6 Å². The van der Waals surface area contributed by atoms with Crippen LogP contribution in [0.3, 0.4) is 0 Å². The van der Waals surface area contributed by atoms with Gasteiger partial charge in [-0.15, -0.1) is 0 Å². The van der Waals surface area contributed by atoms with E-state index in [9.17, 15) is 9.90 Å². The fourth-order valence-corrected chi connectivity index (χ4v) is 1.28. The van der Waals surface area contributed by atoms with Gasteiger partial charge in [0.1, 0.15) is 5.60 Å². The van der Waals surface area contributed by atoms with Crippen LogP contribution in [0, 0.1) is 0 Å². The molecule has 0 heterocycles. The molecule has 0 saturated heterocycles. The zero-order valence-corrected chi connectivity index (χ0v) is 8.40. The third-order valence-electron chi connectivity index (χ3n) is 2.64. The Morgan fingerprint density at radius 2 is 1.93 bits per heavy atom. The Morgan fingerprint density at radius 1 is 1.43 bits per heavy atom. The highest BCUT2D eigenvalue weighted by molar-refractivity contribution is 5.83. The minimum absolute atomic E-state index is 0.304. The van der Waals surface area contributed by atoms with Crippen molar-refractivity contribution in [3.8, 4) is 0 Å². The number of carbonyl (C=O) groups excluding carboxylic acids is 1. The Kier molecular flexibility index (Phi) is 2.91. The van der Waals surface area contributed by atoms with Crippen LogP contribution in [0.25, 0.3) is 0 Å². The van der Waals surface area contributed by atoms with E-state index in [1.807, 2.05) is 30.3 Å². The van der Waals surface area contributed by atoms with Crippen molar-refractivity contribution < 1.29 is 9.90 Å². The van der Waals surface area contributed by atoms with Gasteiger partial charge in [-0.05, 0) is 12.5 Å². The molecule has 1 aromatic rings. The number of hydrogen-bond acceptors (Lipinski definition) is 2. The lowest BCUT2D eigenvalue weighted by atomic mass is 9.84. The zero-order chi connectivity index (χ0) is 10.8. The van der Waals surface area contributed by atoms with E-state index in [-0.39, 0.29) is 5.92 Å². The van der Waals surface area contributed by atoms with E-state index in [0.29, 0.717) is 0 Å². The number of amides is 1. The highest BCUT2D eigenvalue weighted by Gasteiger charge is 2.35. The van der Waals surface area contributed by atoms with Gasteiger partial charge in [0.2, 0.25) is 5.91 Å². The summed E-state index contributed by atoms with van der Waals surface area (Å²) in [5.41, 5.74) is 4.52. The number of nitrogens with two attached hydrogens (primary N) is 1. The van der Waals surface area contributed by atoms with Gasteiger partial charge < -0.3 is 10.8 Å². The topological polar surface area (TPSA) is 63.3 Å². The molecule has 0 bridgehead atoms. The molecule has 0 aliphatic heterocycles. The van der Waals surface area contributed by atoms with Crippen molar-refractivity contribution in [2.75, 3.05) is 0 Å². The molecule has 2 atom stereocenters. The fraction of sp³-hybridized carbons (Fsp3) is 0.364. The van der Waals surface area contributed by atoms with Gasteiger partial charge in [-0.2, -0.15) is 0 Å². The van der Waals surface area contributed by atoms with Gasteiger partial charge in [-0.25, -0.2) is 0 Å². The summed E-state index contributed by atoms with van der Waals surface area (Å²) in [6.07, 6.45) is 0. The lowest BCUT2D eigenvalue weighted by molar-refractivity contribution is -0.136. The molecule has 0 aromatic heterocycles. The van der Waals surface area contributed by atoms with Crippen LogP contribution < -0.4 is 5.73 Å². The summed E-state index contributed by atoms with van der Waals surface area (Å²) in [5.74, 6) is -1.00. The smallest absolute Gasteiger partial charge is 0.249 e. The molecule has 1 rings (SSSR count). The first-order chi connectivity index (χ1) is 6.46. The third-order valence-corrected chi connectivity index (χ3v) is 2.64. The van der Waals surface area contributed by atoms with Crippen LogP contribution in [0.15, 0.2) is 30.3 Å². The minimum atomic E-state index is -1.50. The quantitative estimate of drug-likeness (QED) is 0.753.